The van der Waals surface area contributed by atoms with Gasteiger partial charge in [-0.2, -0.15) is 0 Å². The van der Waals surface area contributed by atoms with Gasteiger partial charge in [0.2, 0.25) is 0 Å². The van der Waals surface area contributed by atoms with Gasteiger partial charge >= 0.3 is 0 Å². The summed E-state index contributed by atoms with van der Waals surface area (Å²) in [5, 5.41) is 10.4. The van der Waals surface area contributed by atoms with E-state index in [-0.39, 0.29) is 0 Å². The minimum absolute atomic E-state index is 0.546. The average molecular weight is 287 g/mol. The van der Waals surface area contributed by atoms with Gasteiger partial charge in [-0.3, -0.25) is 0 Å². The predicted octanol–water partition coefficient (Wildman–Crippen LogP) is 3.67. The molecule has 15 heavy (non-hydrogen) atoms. The molecular formula is C11H11BrO2S. The van der Waals surface area contributed by atoms with Crippen molar-refractivity contribution >= 4 is 27.3 Å². The fraction of sp³-hybridized carbons (Fsp3) is 0.273. The van der Waals surface area contributed by atoms with Crippen molar-refractivity contribution in [3.05, 3.63) is 44.4 Å². The molecule has 2 nitrogen and oxygen atoms in total. The van der Waals surface area contributed by atoms with Gasteiger partial charge in [0.1, 0.15) is 0 Å². The predicted molar refractivity (Wildman–Crippen MR) is 64.1 cm³/mol. The van der Waals surface area contributed by atoms with E-state index in [4.69, 9.17) is 4.42 Å². The van der Waals surface area contributed by atoms with Crippen LogP contribution in [-0.2, 0) is 5.60 Å². The summed E-state index contributed by atoms with van der Waals surface area (Å²) in [6, 6.07) is 5.70. The Kier molecular flexibility index (Phi) is 2.75. The highest BCUT2D eigenvalue weighted by atomic mass is 79.9. The van der Waals surface area contributed by atoms with Crippen LogP contribution in [0, 0.1) is 6.92 Å². The number of thiophene rings is 1. The molecule has 80 valence electrons. The summed E-state index contributed by atoms with van der Waals surface area (Å²) in [5.41, 5.74) is -1.07. The SMILES string of the molecule is Cc1ccc(C(C)(O)c2occc2Br)s1. The quantitative estimate of drug-likeness (QED) is 0.914. The van der Waals surface area contributed by atoms with Gasteiger partial charge in [-0.25, -0.2) is 0 Å². The number of furan rings is 1. The van der Waals surface area contributed by atoms with Gasteiger partial charge in [-0.05, 0) is 48.0 Å². The van der Waals surface area contributed by atoms with E-state index in [1.807, 2.05) is 19.1 Å². The maximum Gasteiger partial charge on any atom is 0.154 e. The molecule has 2 rings (SSSR count). The third-order valence-corrected chi connectivity index (χ3v) is 4.12. The summed E-state index contributed by atoms with van der Waals surface area (Å²) in [6.07, 6.45) is 1.56. The van der Waals surface area contributed by atoms with E-state index >= 15 is 0 Å². The summed E-state index contributed by atoms with van der Waals surface area (Å²) in [7, 11) is 0. The second-order valence-electron chi connectivity index (χ2n) is 3.58. The van der Waals surface area contributed by atoms with E-state index in [0.717, 1.165) is 9.35 Å². The van der Waals surface area contributed by atoms with E-state index in [2.05, 4.69) is 15.9 Å². The molecule has 1 unspecified atom stereocenters. The molecule has 0 spiro atoms. The highest BCUT2D eigenvalue weighted by Gasteiger charge is 2.32. The summed E-state index contributed by atoms with van der Waals surface area (Å²) in [6.45, 7) is 3.75. The molecule has 0 saturated heterocycles. The average Bonchev–Trinajstić information content (AvgIpc) is 2.74. The molecule has 0 aromatic carbocycles. The Balaban J connectivity index is 2.47. The van der Waals surface area contributed by atoms with Crippen LogP contribution in [0.15, 0.2) is 33.4 Å². The fourth-order valence-electron chi connectivity index (χ4n) is 1.45. The second kappa shape index (κ2) is 3.77. The molecule has 1 atom stereocenters. The van der Waals surface area contributed by atoms with Crippen LogP contribution in [0.4, 0.5) is 0 Å². The molecule has 0 fully saturated rings. The van der Waals surface area contributed by atoms with E-state index in [1.165, 1.54) is 4.88 Å². The van der Waals surface area contributed by atoms with Gasteiger partial charge in [-0.15, -0.1) is 11.3 Å². The van der Waals surface area contributed by atoms with Crippen molar-refractivity contribution in [2.24, 2.45) is 0 Å². The van der Waals surface area contributed by atoms with Crippen LogP contribution in [0.25, 0.3) is 0 Å². The lowest BCUT2D eigenvalue weighted by Gasteiger charge is -2.19. The largest absolute Gasteiger partial charge is 0.465 e. The lowest BCUT2D eigenvalue weighted by Crippen LogP contribution is -2.20. The molecule has 0 aliphatic rings. The molecule has 0 saturated carbocycles. The molecule has 1 N–H and O–H groups in total. The van der Waals surface area contributed by atoms with Gasteiger partial charge < -0.3 is 9.52 Å². The Morgan fingerprint density at radius 2 is 2.13 bits per heavy atom. The Bertz CT molecular complexity index is 470. The van der Waals surface area contributed by atoms with Gasteiger partial charge in [0.05, 0.1) is 10.7 Å². The number of aliphatic hydroxyl groups is 1. The minimum atomic E-state index is -1.07. The number of halogens is 1. The summed E-state index contributed by atoms with van der Waals surface area (Å²) in [5.74, 6) is 0.546. The van der Waals surface area contributed by atoms with Crippen LogP contribution in [0.1, 0.15) is 22.4 Å². The Hall–Kier alpha value is -0.580. The van der Waals surface area contributed by atoms with Gasteiger partial charge in [0.15, 0.2) is 11.4 Å². The zero-order chi connectivity index (χ0) is 11.1. The molecule has 2 heterocycles. The monoisotopic (exact) mass is 286 g/mol. The highest BCUT2D eigenvalue weighted by Crippen LogP contribution is 2.37. The maximum absolute atomic E-state index is 10.4. The molecule has 2 aromatic rings. The first-order valence-electron chi connectivity index (χ1n) is 4.54. The van der Waals surface area contributed by atoms with Crippen molar-refractivity contribution in [2.45, 2.75) is 19.4 Å². The first kappa shape index (κ1) is 10.9. The number of hydrogen-bond acceptors (Lipinski definition) is 3. The van der Waals surface area contributed by atoms with Gasteiger partial charge in [0.25, 0.3) is 0 Å². The van der Waals surface area contributed by atoms with Crippen molar-refractivity contribution in [1.29, 1.82) is 0 Å². The molecule has 0 aliphatic carbocycles. The van der Waals surface area contributed by atoms with Crippen LogP contribution < -0.4 is 0 Å². The first-order valence-corrected chi connectivity index (χ1v) is 6.15. The summed E-state index contributed by atoms with van der Waals surface area (Å²) >= 11 is 4.93. The fourth-order valence-corrected chi connectivity index (χ4v) is 2.95. The zero-order valence-electron chi connectivity index (χ0n) is 8.45. The summed E-state index contributed by atoms with van der Waals surface area (Å²) < 4.78 is 6.09. The van der Waals surface area contributed by atoms with Gasteiger partial charge in [0, 0.05) is 9.75 Å². The maximum atomic E-state index is 10.4. The van der Waals surface area contributed by atoms with E-state index in [1.54, 1.807) is 30.6 Å². The van der Waals surface area contributed by atoms with E-state index < -0.39 is 5.60 Å². The molecule has 0 bridgehead atoms. The lowest BCUT2D eigenvalue weighted by atomic mass is 10.0. The molecule has 0 aliphatic heterocycles. The second-order valence-corrected chi connectivity index (χ2v) is 5.72. The van der Waals surface area contributed by atoms with Crippen molar-refractivity contribution < 1.29 is 9.52 Å². The third-order valence-electron chi connectivity index (χ3n) is 2.28. The third kappa shape index (κ3) is 1.89. The lowest BCUT2D eigenvalue weighted by molar-refractivity contribution is 0.0795. The van der Waals surface area contributed by atoms with Crippen LogP contribution >= 0.6 is 27.3 Å². The van der Waals surface area contributed by atoms with Crippen molar-refractivity contribution in [2.75, 3.05) is 0 Å². The topological polar surface area (TPSA) is 33.4 Å². The first-order chi connectivity index (χ1) is 7.01. The molecule has 0 radical (unpaired) electrons. The number of aryl methyl sites for hydroxylation is 1. The zero-order valence-corrected chi connectivity index (χ0v) is 10.9. The van der Waals surface area contributed by atoms with Crippen molar-refractivity contribution in [3.8, 4) is 0 Å². The normalized spacial score (nSPS) is 15.2. The van der Waals surface area contributed by atoms with E-state index in [0.29, 0.717) is 5.76 Å². The van der Waals surface area contributed by atoms with E-state index in [9.17, 15) is 5.11 Å². The van der Waals surface area contributed by atoms with Crippen molar-refractivity contribution in [1.82, 2.24) is 0 Å². The highest BCUT2D eigenvalue weighted by molar-refractivity contribution is 9.10. The molecule has 0 amide bonds. The number of rotatable bonds is 2. The van der Waals surface area contributed by atoms with Crippen LogP contribution in [0.3, 0.4) is 0 Å². The smallest absolute Gasteiger partial charge is 0.154 e. The molecule has 4 heteroatoms. The summed E-state index contributed by atoms with van der Waals surface area (Å²) in [4.78, 5) is 2.06. The molecule has 2 aromatic heterocycles. The Morgan fingerprint density at radius 1 is 1.40 bits per heavy atom. The minimum Gasteiger partial charge on any atom is -0.465 e. The van der Waals surface area contributed by atoms with Crippen LogP contribution in [-0.4, -0.2) is 5.11 Å². The van der Waals surface area contributed by atoms with Gasteiger partial charge in [-0.1, -0.05) is 0 Å². The Morgan fingerprint density at radius 3 is 2.60 bits per heavy atom. The van der Waals surface area contributed by atoms with Crippen LogP contribution in [0.5, 0.6) is 0 Å². The standard InChI is InChI=1S/C11H11BrO2S/c1-7-3-4-9(15-7)11(2,13)10-8(12)5-6-14-10/h3-6,13H,1-2H3. The van der Waals surface area contributed by atoms with Crippen molar-refractivity contribution in [3.63, 3.8) is 0 Å². The molecular weight excluding hydrogens is 276 g/mol. The van der Waals surface area contributed by atoms with Crippen LogP contribution in [0.2, 0.25) is 0 Å². The Labute approximate surface area is 101 Å². The number of hydrogen-bond donors (Lipinski definition) is 1.